The lowest BCUT2D eigenvalue weighted by molar-refractivity contribution is -0.385. The van der Waals surface area contributed by atoms with Gasteiger partial charge in [0, 0.05) is 17.2 Å². The van der Waals surface area contributed by atoms with Crippen molar-refractivity contribution in [2.75, 3.05) is 0 Å². The maximum atomic E-state index is 11.5. The molecule has 126 valence electrons. The first-order valence-corrected chi connectivity index (χ1v) is 7.86. The monoisotopic (exact) mass is 350 g/mol. The second-order valence-electron chi connectivity index (χ2n) is 4.84. The summed E-state index contributed by atoms with van der Waals surface area (Å²) in [6.07, 6.45) is 1.57. The number of hydrogen-bond acceptors (Lipinski definition) is 7. The van der Waals surface area contributed by atoms with Crippen LogP contribution >= 0.6 is 11.8 Å². The number of hydrogen-bond donors (Lipinski definition) is 2. The minimum absolute atomic E-state index is 0.0131. The summed E-state index contributed by atoms with van der Waals surface area (Å²) in [7, 11) is 0. The summed E-state index contributed by atoms with van der Waals surface area (Å²) in [6.45, 7) is 1.83. The Morgan fingerprint density at radius 3 is 2.92 bits per heavy atom. The number of nitro benzene ring substituents is 1. The highest BCUT2D eigenvalue weighted by molar-refractivity contribution is 8.15. The zero-order valence-corrected chi connectivity index (χ0v) is 13.4. The minimum atomic E-state index is -1.07. The van der Waals surface area contributed by atoms with Gasteiger partial charge in [0.2, 0.25) is 5.91 Å². The van der Waals surface area contributed by atoms with Crippen LogP contribution in [0, 0.1) is 10.1 Å². The first-order chi connectivity index (χ1) is 11.4. The van der Waals surface area contributed by atoms with Crippen LogP contribution in [-0.4, -0.2) is 38.5 Å². The number of carbonyl (C=O) groups is 2. The number of amidine groups is 1. The van der Waals surface area contributed by atoms with E-state index in [9.17, 15) is 19.7 Å². The Morgan fingerprint density at radius 1 is 1.54 bits per heavy atom. The molecular weight excluding hydrogens is 336 g/mol. The molecule has 1 heterocycles. The molecule has 1 saturated heterocycles. The summed E-state index contributed by atoms with van der Waals surface area (Å²) in [6, 6.07) is 4.74. The van der Waals surface area contributed by atoms with Crippen LogP contribution in [-0.2, 0) is 16.0 Å². The fourth-order valence-corrected chi connectivity index (χ4v) is 2.94. The highest BCUT2D eigenvalue weighted by Gasteiger charge is 2.32. The van der Waals surface area contributed by atoms with Gasteiger partial charge in [0.15, 0.2) is 5.17 Å². The van der Waals surface area contributed by atoms with E-state index < -0.39 is 22.0 Å². The van der Waals surface area contributed by atoms with Crippen molar-refractivity contribution in [3.05, 3.63) is 39.4 Å². The van der Waals surface area contributed by atoms with E-state index in [1.54, 1.807) is 12.1 Å². The smallest absolute Gasteiger partial charge is 0.305 e. The normalized spacial score (nSPS) is 19.0. The highest BCUT2D eigenvalue weighted by Crippen LogP contribution is 2.22. The first kappa shape index (κ1) is 17.6. The van der Waals surface area contributed by atoms with Gasteiger partial charge in [-0.05, 0) is 6.42 Å². The second-order valence-corrected chi connectivity index (χ2v) is 6.03. The molecule has 2 N–H and O–H groups in total. The zero-order chi connectivity index (χ0) is 17.7. The van der Waals surface area contributed by atoms with E-state index >= 15 is 0 Å². The predicted molar refractivity (Wildman–Crippen MR) is 89.3 cm³/mol. The number of aryl methyl sites for hydroxylation is 1. The molecule has 1 fully saturated rings. The van der Waals surface area contributed by atoms with Gasteiger partial charge in [-0.2, -0.15) is 5.10 Å². The maximum absolute atomic E-state index is 11.5. The first-order valence-electron chi connectivity index (χ1n) is 6.98. The third-order valence-electron chi connectivity index (χ3n) is 3.18. The summed E-state index contributed by atoms with van der Waals surface area (Å²) in [5.74, 6) is -1.50. The Balaban J connectivity index is 2.09. The number of carbonyl (C=O) groups excluding carboxylic acids is 1. The van der Waals surface area contributed by atoms with Gasteiger partial charge in [0.05, 0.1) is 17.6 Å². The molecule has 1 aliphatic rings. The topological polar surface area (TPSA) is 134 Å². The molecule has 0 saturated carbocycles. The Labute approximate surface area is 141 Å². The van der Waals surface area contributed by atoms with Crippen molar-refractivity contribution >= 4 is 40.7 Å². The summed E-state index contributed by atoms with van der Waals surface area (Å²) in [5.41, 5.74) is 1.14. The van der Waals surface area contributed by atoms with Crippen LogP contribution in [0.15, 0.2) is 28.4 Å². The molecule has 0 radical (unpaired) electrons. The van der Waals surface area contributed by atoms with Gasteiger partial charge in [0.1, 0.15) is 5.25 Å². The number of nitrogens with zero attached hydrogens (tertiary/aromatic N) is 3. The predicted octanol–water partition coefficient (Wildman–Crippen LogP) is 1.55. The number of carboxylic acids is 1. The molecule has 1 aromatic rings. The van der Waals surface area contributed by atoms with Gasteiger partial charge in [-0.1, -0.05) is 30.8 Å². The van der Waals surface area contributed by atoms with Crippen molar-refractivity contribution in [1.29, 1.82) is 0 Å². The SMILES string of the molecule is CCc1ccc(C=NN=C2NC(=O)C(CC(=O)O)S2)cc1[N+](=O)[O-]. The fraction of sp³-hybridized carbons (Fsp3) is 0.286. The van der Waals surface area contributed by atoms with Crippen LogP contribution in [0.5, 0.6) is 0 Å². The number of aliphatic carboxylic acids is 1. The molecule has 1 aromatic carbocycles. The lowest BCUT2D eigenvalue weighted by Crippen LogP contribution is -2.26. The van der Waals surface area contributed by atoms with Gasteiger partial charge in [-0.15, -0.1) is 5.10 Å². The van der Waals surface area contributed by atoms with Gasteiger partial charge < -0.3 is 10.4 Å². The van der Waals surface area contributed by atoms with Crippen molar-refractivity contribution < 1.29 is 19.6 Å². The number of thioether (sulfide) groups is 1. The van der Waals surface area contributed by atoms with E-state index in [-0.39, 0.29) is 17.3 Å². The fourth-order valence-electron chi connectivity index (χ4n) is 2.02. The molecule has 24 heavy (non-hydrogen) atoms. The molecule has 0 aliphatic carbocycles. The Morgan fingerprint density at radius 2 is 2.29 bits per heavy atom. The number of nitro groups is 1. The zero-order valence-electron chi connectivity index (χ0n) is 12.6. The molecule has 9 nitrogen and oxygen atoms in total. The Bertz CT molecular complexity index is 747. The number of benzene rings is 1. The third kappa shape index (κ3) is 4.38. The largest absolute Gasteiger partial charge is 0.481 e. The van der Waals surface area contributed by atoms with Crippen LogP contribution < -0.4 is 5.32 Å². The number of amides is 1. The lowest BCUT2D eigenvalue weighted by atomic mass is 10.1. The number of nitrogens with one attached hydrogen (secondary N) is 1. The molecule has 1 atom stereocenters. The molecule has 0 aromatic heterocycles. The molecule has 10 heteroatoms. The van der Waals surface area contributed by atoms with E-state index in [1.807, 2.05) is 6.92 Å². The van der Waals surface area contributed by atoms with E-state index in [0.717, 1.165) is 11.8 Å². The van der Waals surface area contributed by atoms with Gasteiger partial charge in [-0.3, -0.25) is 19.7 Å². The summed E-state index contributed by atoms with van der Waals surface area (Å²) in [5, 5.41) is 29.2. The van der Waals surface area contributed by atoms with Gasteiger partial charge in [-0.25, -0.2) is 0 Å². The van der Waals surface area contributed by atoms with Crippen molar-refractivity contribution in [3.63, 3.8) is 0 Å². The molecular formula is C14H14N4O5S. The van der Waals surface area contributed by atoms with Gasteiger partial charge >= 0.3 is 5.97 Å². The van der Waals surface area contributed by atoms with E-state index in [0.29, 0.717) is 17.5 Å². The molecule has 0 bridgehead atoms. The van der Waals surface area contributed by atoms with E-state index in [2.05, 4.69) is 15.5 Å². The molecule has 2 rings (SSSR count). The minimum Gasteiger partial charge on any atom is -0.481 e. The van der Waals surface area contributed by atoms with Crippen LogP contribution in [0.3, 0.4) is 0 Å². The standard InChI is InChI=1S/C14H14N4O5S/c1-2-9-4-3-8(5-10(9)18(22)23)7-15-17-14-16-13(21)11(24-14)6-12(19)20/h3-5,7,11H,2,6H2,1H3,(H,19,20)(H,16,17,21). The molecule has 0 spiro atoms. The Hall–Kier alpha value is -2.75. The average molecular weight is 350 g/mol. The lowest BCUT2D eigenvalue weighted by Gasteiger charge is -2.00. The number of carboxylic acid groups (broad SMARTS) is 1. The quantitative estimate of drug-likeness (QED) is 0.454. The van der Waals surface area contributed by atoms with Crippen LogP contribution in [0.4, 0.5) is 5.69 Å². The van der Waals surface area contributed by atoms with Crippen molar-refractivity contribution in [1.82, 2.24) is 5.32 Å². The van der Waals surface area contributed by atoms with Crippen molar-refractivity contribution in [2.24, 2.45) is 10.2 Å². The third-order valence-corrected chi connectivity index (χ3v) is 4.25. The molecule has 1 unspecified atom stereocenters. The van der Waals surface area contributed by atoms with E-state index in [1.165, 1.54) is 12.3 Å². The molecule has 1 amide bonds. The summed E-state index contributed by atoms with van der Waals surface area (Å²) >= 11 is 0.983. The maximum Gasteiger partial charge on any atom is 0.305 e. The molecule has 1 aliphatic heterocycles. The van der Waals surface area contributed by atoms with E-state index in [4.69, 9.17) is 5.11 Å². The van der Waals surface area contributed by atoms with Crippen LogP contribution in [0.1, 0.15) is 24.5 Å². The van der Waals surface area contributed by atoms with Crippen molar-refractivity contribution in [3.8, 4) is 0 Å². The summed E-state index contributed by atoms with van der Waals surface area (Å²) in [4.78, 5) is 32.7. The highest BCUT2D eigenvalue weighted by atomic mass is 32.2. The van der Waals surface area contributed by atoms with Crippen molar-refractivity contribution in [2.45, 2.75) is 25.0 Å². The second kappa shape index (κ2) is 7.68. The van der Waals surface area contributed by atoms with Crippen LogP contribution in [0.2, 0.25) is 0 Å². The summed E-state index contributed by atoms with van der Waals surface area (Å²) < 4.78 is 0. The average Bonchev–Trinajstić information content (AvgIpc) is 2.86. The Kier molecular flexibility index (Phi) is 5.64. The number of rotatable bonds is 6. The van der Waals surface area contributed by atoms with Gasteiger partial charge in [0.25, 0.3) is 5.69 Å². The van der Waals surface area contributed by atoms with Crippen LogP contribution in [0.25, 0.3) is 0 Å².